The highest BCUT2D eigenvalue weighted by molar-refractivity contribution is 6.05. The van der Waals surface area contributed by atoms with Crippen LogP contribution in [-0.2, 0) is 10.9 Å². The van der Waals surface area contributed by atoms with Gasteiger partial charge < -0.3 is 9.94 Å². The molecule has 1 aromatic rings. The van der Waals surface area contributed by atoms with Crippen LogP contribution < -0.4 is 0 Å². The second-order valence-corrected chi connectivity index (χ2v) is 7.34. The lowest BCUT2D eigenvalue weighted by Gasteiger charge is -2.37. The number of amides is 1. The minimum Gasteiger partial charge on any atom is -0.444 e. The molecular weight excluding hydrogens is 368 g/mol. The molecule has 1 fully saturated rings. The van der Waals surface area contributed by atoms with Crippen LogP contribution in [0, 0.1) is 5.82 Å². The van der Waals surface area contributed by atoms with Gasteiger partial charge in [-0.3, -0.25) is 4.90 Å². The van der Waals surface area contributed by atoms with Crippen molar-refractivity contribution in [3.05, 3.63) is 35.1 Å². The Hall–Kier alpha value is -2.32. The number of carbonyl (C=O) groups is 1. The van der Waals surface area contributed by atoms with Crippen LogP contribution in [0.15, 0.2) is 23.4 Å². The minimum absolute atomic E-state index is 0.263. The molecule has 1 aromatic carbocycles. The molecule has 2 rings (SSSR count). The molecule has 0 saturated carbocycles. The highest BCUT2D eigenvalue weighted by atomic mass is 19.4. The minimum atomic E-state index is -4.89. The summed E-state index contributed by atoms with van der Waals surface area (Å²) in [6.07, 6.45) is -3.98. The van der Waals surface area contributed by atoms with E-state index in [4.69, 9.17) is 4.74 Å². The molecule has 27 heavy (non-hydrogen) atoms. The van der Waals surface area contributed by atoms with E-state index in [9.17, 15) is 27.6 Å². The number of oxime groups is 1. The summed E-state index contributed by atoms with van der Waals surface area (Å²) in [6, 6.07) is 1.85. The Balaban J connectivity index is 2.42. The summed E-state index contributed by atoms with van der Waals surface area (Å²) in [5, 5.41) is 12.5. The number of rotatable bonds is 2. The van der Waals surface area contributed by atoms with Gasteiger partial charge in [0.2, 0.25) is 0 Å². The number of carbonyl (C=O) groups excluding carboxylic acids is 1. The number of hydrogen-bond acceptors (Lipinski definition) is 4. The van der Waals surface area contributed by atoms with E-state index in [1.54, 1.807) is 20.8 Å². The Morgan fingerprint density at radius 1 is 1.26 bits per heavy atom. The maximum absolute atomic E-state index is 14.5. The number of alkyl halides is 3. The SMILES string of the molecule is CC(C)(C)OC(=O)N1CCCCC1/C(=N\O)c1cccc(C(F)(F)F)c1F. The van der Waals surface area contributed by atoms with Crippen molar-refractivity contribution in [3.63, 3.8) is 0 Å². The van der Waals surface area contributed by atoms with E-state index in [0.717, 1.165) is 12.1 Å². The van der Waals surface area contributed by atoms with E-state index in [2.05, 4.69) is 5.16 Å². The Morgan fingerprint density at radius 3 is 2.48 bits per heavy atom. The first-order valence-corrected chi connectivity index (χ1v) is 8.53. The Morgan fingerprint density at radius 2 is 1.93 bits per heavy atom. The van der Waals surface area contributed by atoms with Crippen LogP contribution in [0.5, 0.6) is 0 Å². The number of piperidine rings is 1. The monoisotopic (exact) mass is 390 g/mol. The third kappa shape index (κ3) is 4.90. The van der Waals surface area contributed by atoms with Gasteiger partial charge in [-0.05, 0) is 52.2 Å². The average Bonchev–Trinajstić information content (AvgIpc) is 2.55. The van der Waals surface area contributed by atoms with Gasteiger partial charge in [0.05, 0.1) is 11.6 Å². The predicted molar refractivity (Wildman–Crippen MR) is 90.3 cm³/mol. The number of hydrogen-bond donors (Lipinski definition) is 1. The van der Waals surface area contributed by atoms with E-state index in [1.165, 1.54) is 4.90 Å². The fourth-order valence-corrected chi connectivity index (χ4v) is 3.00. The van der Waals surface area contributed by atoms with Crippen LogP contribution in [0.4, 0.5) is 22.4 Å². The molecule has 0 radical (unpaired) electrons. The molecule has 1 amide bonds. The van der Waals surface area contributed by atoms with Gasteiger partial charge >= 0.3 is 12.3 Å². The van der Waals surface area contributed by atoms with E-state index < -0.39 is 40.9 Å². The van der Waals surface area contributed by atoms with Crippen molar-refractivity contribution in [1.82, 2.24) is 4.90 Å². The average molecular weight is 390 g/mol. The first-order chi connectivity index (χ1) is 12.5. The molecule has 0 aliphatic carbocycles. The molecule has 1 atom stereocenters. The van der Waals surface area contributed by atoms with Gasteiger partial charge in [0, 0.05) is 12.1 Å². The van der Waals surface area contributed by atoms with E-state index in [1.807, 2.05) is 0 Å². The molecular formula is C18H22F4N2O3. The van der Waals surface area contributed by atoms with E-state index in [-0.39, 0.29) is 12.3 Å². The number of nitrogens with zero attached hydrogens (tertiary/aromatic N) is 2. The number of ether oxygens (including phenoxy) is 1. The predicted octanol–water partition coefficient (Wildman–Crippen LogP) is 4.81. The standard InChI is InChI=1S/C18H22F4N2O3/c1-17(2,3)27-16(25)24-10-5-4-9-13(24)15(23-26)11-7-6-8-12(14(11)19)18(20,21)22/h6-8,13,26H,4-5,9-10H2,1-3H3/b23-15-. The summed E-state index contributed by atoms with van der Waals surface area (Å²) in [5.41, 5.74) is -3.06. The Bertz CT molecular complexity index is 726. The number of benzene rings is 1. The molecule has 1 saturated heterocycles. The van der Waals surface area contributed by atoms with Gasteiger partial charge in [-0.15, -0.1) is 0 Å². The van der Waals surface area contributed by atoms with Crippen molar-refractivity contribution in [3.8, 4) is 0 Å². The van der Waals surface area contributed by atoms with E-state index >= 15 is 0 Å². The molecule has 0 bridgehead atoms. The lowest BCUT2D eigenvalue weighted by atomic mass is 9.92. The van der Waals surface area contributed by atoms with Crippen LogP contribution in [0.1, 0.15) is 51.2 Å². The number of halogens is 4. The largest absolute Gasteiger partial charge is 0.444 e. The second kappa shape index (κ2) is 7.74. The first-order valence-electron chi connectivity index (χ1n) is 8.53. The Kier molecular flexibility index (Phi) is 6.01. The van der Waals surface area contributed by atoms with Gasteiger partial charge in [-0.1, -0.05) is 11.2 Å². The molecule has 1 aliphatic heterocycles. The lowest BCUT2D eigenvalue weighted by Crippen LogP contribution is -2.50. The molecule has 1 aliphatic rings. The molecule has 1 N–H and O–H groups in total. The van der Waals surface area contributed by atoms with Crippen molar-refractivity contribution in [2.75, 3.05) is 6.54 Å². The summed E-state index contributed by atoms with van der Waals surface area (Å²) >= 11 is 0. The summed E-state index contributed by atoms with van der Waals surface area (Å²) in [6.45, 7) is 5.30. The van der Waals surface area contributed by atoms with Gasteiger partial charge in [0.15, 0.2) is 0 Å². The molecule has 5 nitrogen and oxygen atoms in total. The zero-order valence-electron chi connectivity index (χ0n) is 15.3. The number of likely N-dealkylation sites (tertiary alicyclic amines) is 1. The van der Waals surface area contributed by atoms with Crippen molar-refractivity contribution in [1.29, 1.82) is 0 Å². The normalized spacial score (nSPS) is 19.1. The molecule has 0 spiro atoms. The Labute approximate surface area is 154 Å². The fraction of sp³-hybridized carbons (Fsp3) is 0.556. The summed E-state index contributed by atoms with van der Waals surface area (Å²) in [7, 11) is 0. The van der Waals surface area contributed by atoms with Gasteiger partial charge in [-0.2, -0.15) is 13.2 Å². The van der Waals surface area contributed by atoms with Crippen molar-refractivity contribution in [2.45, 2.75) is 57.9 Å². The van der Waals surface area contributed by atoms with Crippen molar-refractivity contribution >= 4 is 11.8 Å². The van der Waals surface area contributed by atoms with Crippen molar-refractivity contribution in [2.24, 2.45) is 5.16 Å². The highest BCUT2D eigenvalue weighted by Gasteiger charge is 2.39. The maximum atomic E-state index is 14.5. The van der Waals surface area contributed by atoms with Crippen LogP contribution in [-0.4, -0.2) is 40.1 Å². The van der Waals surface area contributed by atoms with Gasteiger partial charge in [0.25, 0.3) is 0 Å². The van der Waals surface area contributed by atoms with Crippen LogP contribution in [0.3, 0.4) is 0 Å². The molecule has 0 aromatic heterocycles. The van der Waals surface area contributed by atoms with E-state index in [0.29, 0.717) is 25.3 Å². The summed E-state index contributed by atoms with van der Waals surface area (Å²) < 4.78 is 58.8. The molecule has 9 heteroatoms. The zero-order chi connectivity index (χ0) is 20.4. The quantitative estimate of drug-likeness (QED) is 0.341. The van der Waals surface area contributed by atoms with Crippen LogP contribution >= 0.6 is 0 Å². The summed E-state index contributed by atoms with van der Waals surface area (Å²) in [5.74, 6) is -1.53. The first kappa shape index (κ1) is 21.0. The summed E-state index contributed by atoms with van der Waals surface area (Å²) in [4.78, 5) is 13.7. The van der Waals surface area contributed by atoms with Crippen LogP contribution in [0.25, 0.3) is 0 Å². The lowest BCUT2D eigenvalue weighted by molar-refractivity contribution is -0.140. The maximum Gasteiger partial charge on any atom is 0.419 e. The smallest absolute Gasteiger partial charge is 0.419 e. The fourth-order valence-electron chi connectivity index (χ4n) is 3.00. The topological polar surface area (TPSA) is 62.1 Å². The van der Waals surface area contributed by atoms with Crippen molar-refractivity contribution < 1.29 is 32.3 Å². The van der Waals surface area contributed by atoms with Gasteiger partial charge in [0.1, 0.15) is 17.1 Å². The zero-order valence-corrected chi connectivity index (χ0v) is 15.3. The molecule has 150 valence electrons. The molecule has 1 heterocycles. The molecule has 1 unspecified atom stereocenters. The van der Waals surface area contributed by atoms with Crippen LogP contribution in [0.2, 0.25) is 0 Å². The second-order valence-electron chi connectivity index (χ2n) is 7.34. The third-order valence-electron chi connectivity index (χ3n) is 4.13. The highest BCUT2D eigenvalue weighted by Crippen LogP contribution is 2.34. The van der Waals surface area contributed by atoms with Gasteiger partial charge in [-0.25, -0.2) is 9.18 Å². The third-order valence-corrected chi connectivity index (χ3v) is 4.13.